The largest absolute Gasteiger partial charge is 0.493 e. The fraction of sp³-hybridized carbons (Fsp3) is 0.286. The van der Waals surface area contributed by atoms with E-state index in [0.717, 1.165) is 9.13 Å². The zero-order valence-electron chi connectivity index (χ0n) is 17.1. The molecule has 160 valence electrons. The molecule has 0 saturated heterocycles. The van der Waals surface area contributed by atoms with Gasteiger partial charge in [-0.25, -0.2) is 5.43 Å². The van der Waals surface area contributed by atoms with Gasteiger partial charge < -0.3 is 14.8 Å². The summed E-state index contributed by atoms with van der Waals surface area (Å²) in [5.74, 6) is 0.221. The van der Waals surface area contributed by atoms with Crippen molar-refractivity contribution in [2.45, 2.75) is 33.3 Å². The van der Waals surface area contributed by atoms with E-state index in [2.05, 4.69) is 38.4 Å². The zero-order valence-corrected chi connectivity index (χ0v) is 20.0. The lowest BCUT2D eigenvalue weighted by Gasteiger charge is -2.15. The molecule has 0 saturated carbocycles. The Labute approximate surface area is 194 Å². The van der Waals surface area contributed by atoms with Crippen LogP contribution in [0.2, 0.25) is 5.02 Å². The molecular weight excluding hydrogens is 521 g/mol. The first-order chi connectivity index (χ1) is 14.2. The Morgan fingerprint density at radius 3 is 2.60 bits per heavy atom. The molecule has 0 spiro atoms. The van der Waals surface area contributed by atoms with Crippen molar-refractivity contribution in [2.75, 3.05) is 12.4 Å². The molecular formula is C21H23ClIN3O4. The number of benzene rings is 2. The van der Waals surface area contributed by atoms with Gasteiger partial charge in [0.05, 0.1) is 23.0 Å². The van der Waals surface area contributed by atoms with Crippen molar-refractivity contribution in [1.82, 2.24) is 5.43 Å². The lowest BCUT2D eigenvalue weighted by atomic mass is 10.2. The lowest BCUT2D eigenvalue weighted by molar-refractivity contribution is -0.126. The Morgan fingerprint density at radius 2 is 1.97 bits per heavy atom. The maximum absolute atomic E-state index is 12.0. The third kappa shape index (κ3) is 7.17. The summed E-state index contributed by atoms with van der Waals surface area (Å²) in [4.78, 5) is 24.0. The molecule has 0 heterocycles. The minimum Gasteiger partial charge on any atom is -0.493 e. The van der Waals surface area contributed by atoms with Crippen molar-refractivity contribution in [2.24, 2.45) is 5.10 Å². The van der Waals surface area contributed by atoms with Gasteiger partial charge in [-0.05, 0) is 78.8 Å². The normalized spacial score (nSPS) is 10.9. The standard InChI is InChI=1S/C21H23ClIN3O4/c1-12(2)30-21-17(23)7-14(8-18(21)29-4)11-24-26-20(28)10-19(27)25-15-6-5-13(3)16(22)9-15/h5-9,11-12H,10H2,1-4H3,(H,25,27)(H,26,28). The van der Waals surface area contributed by atoms with Crippen LogP contribution in [0.5, 0.6) is 11.5 Å². The number of halogens is 2. The van der Waals surface area contributed by atoms with Crippen LogP contribution in [0.25, 0.3) is 0 Å². The second kappa shape index (κ2) is 11.2. The summed E-state index contributed by atoms with van der Waals surface area (Å²) in [6.07, 6.45) is 1.11. The quantitative estimate of drug-likeness (QED) is 0.222. The minimum absolute atomic E-state index is 0.00769. The van der Waals surface area contributed by atoms with E-state index in [1.165, 1.54) is 6.21 Å². The molecule has 2 aromatic rings. The first kappa shape index (κ1) is 23.9. The van der Waals surface area contributed by atoms with E-state index in [9.17, 15) is 9.59 Å². The van der Waals surface area contributed by atoms with Crippen molar-refractivity contribution in [1.29, 1.82) is 0 Å². The number of nitrogens with one attached hydrogen (secondary N) is 2. The number of amides is 2. The molecule has 0 aliphatic rings. The monoisotopic (exact) mass is 543 g/mol. The van der Waals surface area contributed by atoms with Gasteiger partial charge in [0, 0.05) is 10.7 Å². The van der Waals surface area contributed by atoms with E-state index in [1.807, 2.05) is 26.8 Å². The number of hydrogen-bond acceptors (Lipinski definition) is 5. The first-order valence-electron chi connectivity index (χ1n) is 9.11. The van der Waals surface area contributed by atoms with Gasteiger partial charge in [-0.2, -0.15) is 5.10 Å². The Hall–Kier alpha value is -2.33. The van der Waals surface area contributed by atoms with E-state index in [-0.39, 0.29) is 12.5 Å². The number of carbonyl (C=O) groups excluding carboxylic acids is 2. The van der Waals surface area contributed by atoms with E-state index >= 15 is 0 Å². The average molecular weight is 544 g/mol. The molecule has 7 nitrogen and oxygen atoms in total. The number of ether oxygens (including phenoxy) is 2. The number of hydrogen-bond donors (Lipinski definition) is 2. The fourth-order valence-electron chi connectivity index (χ4n) is 2.40. The molecule has 0 aliphatic carbocycles. The van der Waals surface area contributed by atoms with Crippen molar-refractivity contribution in [3.05, 3.63) is 50.1 Å². The molecule has 2 N–H and O–H groups in total. The average Bonchev–Trinajstić information content (AvgIpc) is 2.66. The zero-order chi connectivity index (χ0) is 22.3. The van der Waals surface area contributed by atoms with Gasteiger partial charge >= 0.3 is 0 Å². The Bertz CT molecular complexity index is 964. The maximum atomic E-state index is 12.0. The van der Waals surface area contributed by atoms with Crippen LogP contribution in [0.1, 0.15) is 31.4 Å². The third-order valence-corrected chi connectivity index (χ3v) is 4.99. The Kier molecular flexibility index (Phi) is 8.91. The summed E-state index contributed by atoms with van der Waals surface area (Å²) in [5, 5.41) is 7.07. The van der Waals surface area contributed by atoms with E-state index in [0.29, 0.717) is 27.8 Å². The molecule has 0 fully saturated rings. The van der Waals surface area contributed by atoms with Gasteiger partial charge in [0.25, 0.3) is 0 Å². The highest BCUT2D eigenvalue weighted by molar-refractivity contribution is 14.1. The molecule has 0 bridgehead atoms. The molecule has 30 heavy (non-hydrogen) atoms. The second-order valence-electron chi connectivity index (χ2n) is 6.68. The lowest BCUT2D eigenvalue weighted by Crippen LogP contribution is -2.24. The van der Waals surface area contributed by atoms with Gasteiger partial charge in [0.1, 0.15) is 6.42 Å². The summed E-state index contributed by atoms with van der Waals surface area (Å²) < 4.78 is 12.0. The molecule has 0 atom stereocenters. The molecule has 0 aromatic heterocycles. The number of methoxy groups -OCH3 is 1. The van der Waals surface area contributed by atoms with Gasteiger partial charge in [0.15, 0.2) is 11.5 Å². The van der Waals surface area contributed by atoms with Crippen LogP contribution in [0.15, 0.2) is 35.4 Å². The number of rotatable bonds is 8. The smallest absolute Gasteiger partial charge is 0.249 e. The summed E-state index contributed by atoms with van der Waals surface area (Å²) in [7, 11) is 1.56. The summed E-state index contributed by atoms with van der Waals surface area (Å²) in [6.45, 7) is 5.73. The molecule has 0 radical (unpaired) electrons. The molecule has 9 heteroatoms. The van der Waals surface area contributed by atoms with Crippen molar-refractivity contribution >= 4 is 57.9 Å². The highest BCUT2D eigenvalue weighted by atomic mass is 127. The maximum Gasteiger partial charge on any atom is 0.249 e. The summed E-state index contributed by atoms with van der Waals surface area (Å²) in [5.41, 5.74) is 4.48. The van der Waals surface area contributed by atoms with Crippen molar-refractivity contribution < 1.29 is 19.1 Å². The first-order valence-corrected chi connectivity index (χ1v) is 10.6. The Balaban J connectivity index is 1.94. The highest BCUT2D eigenvalue weighted by Gasteiger charge is 2.13. The molecule has 2 rings (SSSR count). The highest BCUT2D eigenvalue weighted by Crippen LogP contribution is 2.34. The van der Waals surface area contributed by atoms with Gasteiger partial charge in [-0.15, -0.1) is 0 Å². The fourth-order valence-corrected chi connectivity index (χ4v) is 3.34. The van der Waals surface area contributed by atoms with Crippen LogP contribution in [-0.2, 0) is 9.59 Å². The molecule has 0 aliphatic heterocycles. The van der Waals surface area contributed by atoms with Crippen LogP contribution >= 0.6 is 34.2 Å². The number of nitrogens with zero attached hydrogens (tertiary/aromatic N) is 1. The van der Waals surface area contributed by atoms with E-state index in [4.69, 9.17) is 21.1 Å². The Morgan fingerprint density at radius 1 is 1.23 bits per heavy atom. The predicted molar refractivity (Wildman–Crippen MR) is 127 cm³/mol. The minimum atomic E-state index is -0.539. The number of carbonyl (C=O) groups is 2. The van der Waals surface area contributed by atoms with Crippen molar-refractivity contribution in [3.8, 4) is 11.5 Å². The molecule has 2 aromatic carbocycles. The van der Waals surface area contributed by atoms with Gasteiger partial charge in [-0.3, -0.25) is 9.59 Å². The topological polar surface area (TPSA) is 89.0 Å². The number of aryl methyl sites for hydroxylation is 1. The number of anilines is 1. The van der Waals surface area contributed by atoms with Gasteiger partial charge in [-0.1, -0.05) is 17.7 Å². The van der Waals surface area contributed by atoms with Crippen LogP contribution in [0, 0.1) is 10.5 Å². The van der Waals surface area contributed by atoms with Crippen molar-refractivity contribution in [3.63, 3.8) is 0 Å². The SMILES string of the molecule is COc1cc(C=NNC(=O)CC(=O)Nc2ccc(C)c(Cl)c2)cc(I)c1OC(C)C. The van der Waals surface area contributed by atoms with E-state index < -0.39 is 11.8 Å². The van der Waals surface area contributed by atoms with Crippen LogP contribution in [0.3, 0.4) is 0 Å². The van der Waals surface area contributed by atoms with Crippen LogP contribution in [-0.4, -0.2) is 31.2 Å². The predicted octanol–water partition coefficient (Wildman–Crippen LogP) is 4.53. The molecule has 2 amide bonds. The van der Waals surface area contributed by atoms with E-state index in [1.54, 1.807) is 31.4 Å². The summed E-state index contributed by atoms with van der Waals surface area (Å²) >= 11 is 8.18. The van der Waals surface area contributed by atoms with Crippen LogP contribution in [0.4, 0.5) is 5.69 Å². The van der Waals surface area contributed by atoms with Gasteiger partial charge in [0.2, 0.25) is 11.8 Å². The molecule has 0 unspecified atom stereocenters. The third-order valence-electron chi connectivity index (χ3n) is 3.78. The van der Waals surface area contributed by atoms with Crippen LogP contribution < -0.4 is 20.2 Å². The number of hydrazone groups is 1. The summed E-state index contributed by atoms with van der Waals surface area (Å²) in [6, 6.07) is 8.74. The second-order valence-corrected chi connectivity index (χ2v) is 8.25.